The molecule has 0 heterocycles. The molecule has 0 aliphatic heterocycles. The zero-order chi connectivity index (χ0) is 13.6. The summed E-state index contributed by atoms with van der Waals surface area (Å²) in [6.07, 6.45) is 12.5. The van der Waals surface area contributed by atoms with Crippen molar-refractivity contribution < 1.29 is 4.79 Å². The Morgan fingerprint density at radius 3 is 1.50 bits per heavy atom. The summed E-state index contributed by atoms with van der Waals surface area (Å²) in [5, 5.41) is -0.0546. The third-order valence-corrected chi connectivity index (χ3v) is 3.62. The maximum absolute atomic E-state index is 11.4. The Bertz CT molecular complexity index is 183. The summed E-state index contributed by atoms with van der Waals surface area (Å²) in [5.74, 6) is 0. The number of carbonyl (C=O) groups excluding carboxylic acids is 1. The molecule has 0 radical (unpaired) electrons. The molecule has 2 nitrogen and oxygen atoms in total. The van der Waals surface area contributed by atoms with E-state index in [0.29, 0.717) is 0 Å². The van der Waals surface area contributed by atoms with Gasteiger partial charge in [-0.1, -0.05) is 77.8 Å². The summed E-state index contributed by atoms with van der Waals surface area (Å²) in [4.78, 5) is 13.3. The van der Waals surface area contributed by atoms with Crippen LogP contribution in [0, 0.1) is 0 Å². The molecule has 0 aromatic rings. The third-order valence-electron chi connectivity index (χ3n) is 3.33. The lowest BCUT2D eigenvalue weighted by Gasteiger charge is -2.20. The second kappa shape index (κ2) is 13.3. The van der Waals surface area contributed by atoms with Crippen molar-refractivity contribution in [2.75, 3.05) is 13.1 Å². The molecule has 0 aliphatic rings. The van der Waals surface area contributed by atoms with Gasteiger partial charge in [-0.3, -0.25) is 4.79 Å². The topological polar surface area (TPSA) is 20.3 Å². The molecule has 0 N–H and O–H groups in total. The number of hydrogen-bond acceptors (Lipinski definition) is 1. The minimum Gasteiger partial charge on any atom is -0.334 e. The highest BCUT2D eigenvalue weighted by atomic mass is 32.1. The molecule has 0 saturated carbocycles. The van der Waals surface area contributed by atoms with Crippen LogP contribution in [0.25, 0.3) is 0 Å². The van der Waals surface area contributed by atoms with Gasteiger partial charge in [0.2, 0.25) is 0 Å². The second-order valence-electron chi connectivity index (χ2n) is 5.10. The van der Waals surface area contributed by atoms with Crippen LogP contribution in [0.2, 0.25) is 0 Å². The molecule has 0 spiro atoms. The first-order chi connectivity index (χ1) is 8.72. The molecule has 0 aromatic carbocycles. The number of nitrogens with zero attached hydrogens (tertiary/aromatic N) is 1. The van der Waals surface area contributed by atoms with Gasteiger partial charge in [0.05, 0.1) is 0 Å². The van der Waals surface area contributed by atoms with Crippen LogP contribution in [-0.4, -0.2) is 23.2 Å². The molecule has 0 fully saturated rings. The van der Waals surface area contributed by atoms with Gasteiger partial charge in [0, 0.05) is 13.1 Å². The SMILES string of the molecule is CCCCCCCN(CCCCCCC)C(=O)S. The quantitative estimate of drug-likeness (QED) is 0.379. The average molecular weight is 273 g/mol. The van der Waals surface area contributed by atoms with Gasteiger partial charge < -0.3 is 4.90 Å². The molecule has 0 unspecified atom stereocenters. The smallest absolute Gasteiger partial charge is 0.278 e. The fourth-order valence-corrected chi connectivity index (χ4v) is 2.32. The van der Waals surface area contributed by atoms with Crippen LogP contribution in [0.4, 0.5) is 4.79 Å². The van der Waals surface area contributed by atoms with E-state index < -0.39 is 0 Å². The van der Waals surface area contributed by atoms with Crippen molar-refractivity contribution >= 4 is 17.9 Å². The summed E-state index contributed by atoms with van der Waals surface area (Å²) < 4.78 is 0. The molecule has 0 aliphatic carbocycles. The minimum absolute atomic E-state index is 0.0546. The highest BCUT2D eigenvalue weighted by Crippen LogP contribution is 2.08. The normalized spacial score (nSPS) is 10.6. The van der Waals surface area contributed by atoms with Gasteiger partial charge in [-0.2, -0.15) is 0 Å². The summed E-state index contributed by atoms with van der Waals surface area (Å²) in [6, 6.07) is 0. The van der Waals surface area contributed by atoms with Crippen molar-refractivity contribution in [1.82, 2.24) is 4.90 Å². The molecule has 0 atom stereocenters. The third kappa shape index (κ3) is 10.9. The lowest BCUT2D eigenvalue weighted by Crippen LogP contribution is -2.28. The first-order valence-corrected chi connectivity index (χ1v) is 8.15. The fourth-order valence-electron chi connectivity index (χ4n) is 2.12. The van der Waals surface area contributed by atoms with E-state index >= 15 is 0 Å². The van der Waals surface area contributed by atoms with Crippen molar-refractivity contribution in [1.29, 1.82) is 0 Å². The predicted octanol–water partition coefficient (Wildman–Crippen LogP) is 5.28. The van der Waals surface area contributed by atoms with E-state index in [1.54, 1.807) is 0 Å². The van der Waals surface area contributed by atoms with E-state index in [4.69, 9.17) is 0 Å². The van der Waals surface area contributed by atoms with Crippen molar-refractivity contribution in [2.24, 2.45) is 0 Å². The molecule has 108 valence electrons. The fraction of sp³-hybridized carbons (Fsp3) is 0.933. The Morgan fingerprint density at radius 1 is 0.778 bits per heavy atom. The van der Waals surface area contributed by atoms with E-state index in [2.05, 4.69) is 26.5 Å². The summed E-state index contributed by atoms with van der Waals surface area (Å²) in [5.41, 5.74) is 0. The molecule has 0 aromatic heterocycles. The lowest BCUT2D eigenvalue weighted by molar-refractivity contribution is 0.220. The molecular weight excluding hydrogens is 242 g/mol. The first-order valence-electron chi connectivity index (χ1n) is 7.70. The van der Waals surface area contributed by atoms with Crippen LogP contribution in [0.1, 0.15) is 78.1 Å². The van der Waals surface area contributed by atoms with Gasteiger partial charge >= 0.3 is 0 Å². The van der Waals surface area contributed by atoms with Crippen LogP contribution in [-0.2, 0) is 0 Å². The molecule has 3 heteroatoms. The first kappa shape index (κ1) is 17.8. The highest BCUT2D eigenvalue weighted by Gasteiger charge is 2.08. The zero-order valence-electron chi connectivity index (χ0n) is 12.3. The van der Waals surface area contributed by atoms with Crippen molar-refractivity contribution in [2.45, 2.75) is 78.1 Å². The standard InChI is InChI=1S/C15H31NOS/c1-3-5-7-9-11-13-16(15(17)18)14-12-10-8-6-4-2/h3-14H2,1-2H3,(H,17,18). The Balaban J connectivity index is 3.56. The Morgan fingerprint density at radius 2 is 1.17 bits per heavy atom. The maximum atomic E-state index is 11.4. The Labute approximate surface area is 119 Å². The number of thiol groups is 1. The second-order valence-corrected chi connectivity index (χ2v) is 5.48. The van der Waals surface area contributed by atoms with Gasteiger partial charge in [-0.15, -0.1) is 0 Å². The van der Waals surface area contributed by atoms with Crippen molar-refractivity contribution in [3.63, 3.8) is 0 Å². The van der Waals surface area contributed by atoms with Crippen molar-refractivity contribution in [3.05, 3.63) is 0 Å². The van der Waals surface area contributed by atoms with Gasteiger partial charge in [0.1, 0.15) is 0 Å². The summed E-state index contributed by atoms with van der Waals surface area (Å²) in [6.45, 7) is 6.22. The molecular formula is C15H31NOS. The lowest BCUT2D eigenvalue weighted by atomic mass is 10.1. The molecule has 0 rings (SSSR count). The summed E-state index contributed by atoms with van der Waals surface area (Å²) >= 11 is 3.97. The van der Waals surface area contributed by atoms with Gasteiger partial charge in [0.25, 0.3) is 5.24 Å². The minimum atomic E-state index is -0.0546. The molecule has 1 amide bonds. The predicted molar refractivity (Wildman–Crippen MR) is 83.5 cm³/mol. The number of rotatable bonds is 12. The van der Waals surface area contributed by atoms with Crippen LogP contribution in [0.5, 0.6) is 0 Å². The van der Waals surface area contributed by atoms with Crippen LogP contribution in [0.3, 0.4) is 0 Å². The number of unbranched alkanes of at least 4 members (excludes halogenated alkanes) is 8. The van der Waals surface area contributed by atoms with Crippen LogP contribution >= 0.6 is 12.6 Å². The molecule has 18 heavy (non-hydrogen) atoms. The Kier molecular flexibility index (Phi) is 13.1. The van der Waals surface area contributed by atoms with Gasteiger partial charge in [-0.25, -0.2) is 0 Å². The van der Waals surface area contributed by atoms with Crippen LogP contribution in [0.15, 0.2) is 0 Å². The van der Waals surface area contributed by atoms with E-state index in [1.165, 1.54) is 51.4 Å². The monoisotopic (exact) mass is 273 g/mol. The molecule has 0 saturated heterocycles. The number of hydrogen-bond donors (Lipinski definition) is 1. The van der Waals surface area contributed by atoms with E-state index in [0.717, 1.165) is 25.9 Å². The van der Waals surface area contributed by atoms with Crippen LogP contribution < -0.4 is 0 Å². The molecule has 0 bridgehead atoms. The Hall–Kier alpha value is -0.180. The largest absolute Gasteiger partial charge is 0.334 e. The number of amides is 1. The zero-order valence-corrected chi connectivity index (χ0v) is 13.2. The maximum Gasteiger partial charge on any atom is 0.278 e. The van der Waals surface area contributed by atoms with E-state index in [-0.39, 0.29) is 5.24 Å². The summed E-state index contributed by atoms with van der Waals surface area (Å²) in [7, 11) is 0. The number of carbonyl (C=O) groups is 1. The van der Waals surface area contributed by atoms with Crippen molar-refractivity contribution in [3.8, 4) is 0 Å². The van der Waals surface area contributed by atoms with E-state index in [1.807, 2.05) is 4.90 Å². The van der Waals surface area contributed by atoms with Gasteiger partial charge in [-0.05, 0) is 12.8 Å². The highest BCUT2D eigenvalue weighted by molar-refractivity contribution is 7.96. The van der Waals surface area contributed by atoms with Gasteiger partial charge in [0.15, 0.2) is 0 Å². The van der Waals surface area contributed by atoms with E-state index in [9.17, 15) is 4.79 Å². The average Bonchev–Trinajstić information content (AvgIpc) is 2.35.